The Morgan fingerprint density at radius 3 is 2.47 bits per heavy atom. The lowest BCUT2D eigenvalue weighted by Crippen LogP contribution is -2.39. The molecule has 0 spiro atoms. The molecule has 0 aromatic carbocycles. The van der Waals surface area contributed by atoms with Gasteiger partial charge in [-0.3, -0.25) is 4.90 Å². The molecule has 4 nitrogen and oxygen atoms in total. The van der Waals surface area contributed by atoms with Crippen molar-refractivity contribution in [2.24, 2.45) is 0 Å². The molecule has 1 aliphatic carbocycles. The Labute approximate surface area is 106 Å². The van der Waals surface area contributed by atoms with Crippen LogP contribution < -0.4 is 5.32 Å². The SMILES string of the molecule is CCN(CCNC(C)CS(=O)(=O)CC)C1CC1. The maximum atomic E-state index is 11.4. The number of hydrogen-bond donors (Lipinski definition) is 1. The average molecular weight is 262 g/mol. The Hall–Kier alpha value is -0.130. The van der Waals surface area contributed by atoms with Gasteiger partial charge in [0, 0.05) is 30.9 Å². The Morgan fingerprint density at radius 2 is 2.00 bits per heavy atom. The number of rotatable bonds is 9. The van der Waals surface area contributed by atoms with E-state index in [1.807, 2.05) is 6.92 Å². The Kier molecular flexibility index (Phi) is 5.89. The highest BCUT2D eigenvalue weighted by molar-refractivity contribution is 7.91. The van der Waals surface area contributed by atoms with E-state index in [1.165, 1.54) is 12.8 Å². The summed E-state index contributed by atoms with van der Waals surface area (Å²) in [6.07, 6.45) is 2.65. The maximum Gasteiger partial charge on any atom is 0.151 e. The fraction of sp³-hybridized carbons (Fsp3) is 1.00. The summed E-state index contributed by atoms with van der Waals surface area (Å²) in [6.45, 7) is 8.83. The number of sulfone groups is 1. The smallest absolute Gasteiger partial charge is 0.151 e. The van der Waals surface area contributed by atoms with Gasteiger partial charge < -0.3 is 5.32 Å². The summed E-state index contributed by atoms with van der Waals surface area (Å²) in [7, 11) is -2.86. The van der Waals surface area contributed by atoms with Gasteiger partial charge in [0.15, 0.2) is 9.84 Å². The van der Waals surface area contributed by atoms with Crippen molar-refractivity contribution in [3.05, 3.63) is 0 Å². The van der Waals surface area contributed by atoms with Gasteiger partial charge >= 0.3 is 0 Å². The molecule has 1 fully saturated rings. The summed E-state index contributed by atoms with van der Waals surface area (Å²) < 4.78 is 22.9. The van der Waals surface area contributed by atoms with Gasteiger partial charge in [-0.2, -0.15) is 0 Å². The Balaban J connectivity index is 2.17. The van der Waals surface area contributed by atoms with Crippen LogP contribution in [0.4, 0.5) is 0 Å². The molecule has 0 saturated heterocycles. The molecule has 1 atom stereocenters. The monoisotopic (exact) mass is 262 g/mol. The second kappa shape index (κ2) is 6.71. The van der Waals surface area contributed by atoms with Crippen molar-refractivity contribution in [3.63, 3.8) is 0 Å². The summed E-state index contributed by atoms with van der Waals surface area (Å²) in [6, 6.07) is 0.842. The van der Waals surface area contributed by atoms with E-state index < -0.39 is 9.84 Å². The molecule has 1 aliphatic rings. The highest BCUT2D eigenvalue weighted by Gasteiger charge is 2.27. The molecule has 0 radical (unpaired) electrons. The Morgan fingerprint density at radius 1 is 1.35 bits per heavy atom. The van der Waals surface area contributed by atoms with Crippen LogP contribution in [0.5, 0.6) is 0 Å². The zero-order valence-corrected chi connectivity index (χ0v) is 12.1. The highest BCUT2D eigenvalue weighted by atomic mass is 32.2. The standard InChI is InChI=1S/C12H26N2O2S/c1-4-14(12-6-7-12)9-8-13-11(3)10-17(15,16)5-2/h11-13H,4-10H2,1-3H3. The van der Waals surface area contributed by atoms with Gasteiger partial charge in [0.2, 0.25) is 0 Å². The van der Waals surface area contributed by atoms with Crippen molar-refractivity contribution in [3.8, 4) is 0 Å². The zero-order chi connectivity index (χ0) is 12.9. The second-order valence-electron chi connectivity index (χ2n) is 4.91. The van der Waals surface area contributed by atoms with Crippen molar-refractivity contribution < 1.29 is 8.42 Å². The molecule has 0 heterocycles. The predicted octanol–water partition coefficient (Wildman–Crippen LogP) is 0.884. The fourth-order valence-corrected chi connectivity index (χ4v) is 3.17. The molecular formula is C12H26N2O2S. The van der Waals surface area contributed by atoms with Crippen molar-refractivity contribution in [1.29, 1.82) is 0 Å². The number of likely N-dealkylation sites (N-methyl/N-ethyl adjacent to an activating group) is 1. The summed E-state index contributed by atoms with van der Waals surface area (Å²) in [5, 5.41) is 3.30. The topological polar surface area (TPSA) is 49.4 Å². The number of nitrogens with zero attached hydrogens (tertiary/aromatic N) is 1. The third-order valence-corrected chi connectivity index (χ3v) is 5.19. The number of hydrogen-bond acceptors (Lipinski definition) is 4. The van der Waals surface area contributed by atoms with E-state index in [0.717, 1.165) is 25.7 Å². The summed E-state index contributed by atoms with van der Waals surface area (Å²) >= 11 is 0. The van der Waals surface area contributed by atoms with E-state index in [-0.39, 0.29) is 17.5 Å². The normalized spacial score (nSPS) is 18.6. The van der Waals surface area contributed by atoms with Crippen LogP contribution in [-0.4, -0.2) is 56.5 Å². The van der Waals surface area contributed by atoms with Crippen LogP contribution in [0, 0.1) is 0 Å². The third kappa shape index (κ3) is 5.84. The first-order valence-corrected chi connectivity index (χ1v) is 8.48. The minimum atomic E-state index is -2.86. The van der Waals surface area contributed by atoms with Crippen molar-refractivity contribution in [2.45, 2.75) is 45.7 Å². The minimum Gasteiger partial charge on any atom is -0.312 e. The van der Waals surface area contributed by atoms with E-state index in [9.17, 15) is 8.42 Å². The first kappa shape index (κ1) is 14.9. The van der Waals surface area contributed by atoms with Gasteiger partial charge in [-0.05, 0) is 26.3 Å². The van der Waals surface area contributed by atoms with Crippen molar-refractivity contribution in [2.75, 3.05) is 31.1 Å². The van der Waals surface area contributed by atoms with Crippen LogP contribution in [0.1, 0.15) is 33.6 Å². The van der Waals surface area contributed by atoms with E-state index in [0.29, 0.717) is 0 Å². The van der Waals surface area contributed by atoms with Crippen molar-refractivity contribution in [1.82, 2.24) is 10.2 Å². The molecule has 0 amide bonds. The fourth-order valence-electron chi connectivity index (χ4n) is 2.05. The molecule has 1 rings (SSSR count). The van der Waals surface area contributed by atoms with E-state index in [4.69, 9.17) is 0 Å². The molecule has 1 unspecified atom stereocenters. The van der Waals surface area contributed by atoms with Crippen LogP contribution in [0.15, 0.2) is 0 Å². The molecule has 5 heteroatoms. The molecule has 0 aromatic heterocycles. The van der Waals surface area contributed by atoms with Gasteiger partial charge in [-0.15, -0.1) is 0 Å². The van der Waals surface area contributed by atoms with Gasteiger partial charge in [0.25, 0.3) is 0 Å². The molecular weight excluding hydrogens is 236 g/mol. The van der Waals surface area contributed by atoms with Crippen molar-refractivity contribution >= 4 is 9.84 Å². The summed E-state index contributed by atoms with van der Waals surface area (Å²) in [5.41, 5.74) is 0. The average Bonchev–Trinajstić information content (AvgIpc) is 3.07. The summed E-state index contributed by atoms with van der Waals surface area (Å²) in [4.78, 5) is 2.47. The first-order valence-electron chi connectivity index (χ1n) is 6.66. The maximum absolute atomic E-state index is 11.4. The minimum absolute atomic E-state index is 0.0536. The second-order valence-corrected chi connectivity index (χ2v) is 7.31. The molecule has 102 valence electrons. The predicted molar refractivity (Wildman–Crippen MR) is 72.1 cm³/mol. The van der Waals surface area contributed by atoms with Crippen LogP contribution in [0.2, 0.25) is 0 Å². The van der Waals surface area contributed by atoms with Gasteiger partial charge in [0.05, 0.1) is 5.75 Å². The summed E-state index contributed by atoms with van der Waals surface area (Å²) in [5.74, 6) is 0.487. The van der Waals surface area contributed by atoms with Crippen LogP contribution >= 0.6 is 0 Å². The Bertz CT molecular complexity index is 312. The lowest BCUT2D eigenvalue weighted by molar-refractivity contribution is 0.274. The lowest BCUT2D eigenvalue weighted by Gasteiger charge is -2.21. The van der Waals surface area contributed by atoms with E-state index >= 15 is 0 Å². The molecule has 0 aromatic rings. The quantitative estimate of drug-likeness (QED) is 0.670. The highest BCUT2D eigenvalue weighted by Crippen LogP contribution is 2.25. The molecule has 1 saturated carbocycles. The molecule has 1 N–H and O–H groups in total. The molecule has 17 heavy (non-hydrogen) atoms. The van der Waals surface area contributed by atoms with Crippen LogP contribution in [0.25, 0.3) is 0 Å². The molecule has 0 bridgehead atoms. The largest absolute Gasteiger partial charge is 0.312 e. The zero-order valence-electron chi connectivity index (χ0n) is 11.3. The van der Waals surface area contributed by atoms with Gasteiger partial charge in [-0.1, -0.05) is 13.8 Å². The van der Waals surface area contributed by atoms with Gasteiger partial charge in [0.1, 0.15) is 0 Å². The lowest BCUT2D eigenvalue weighted by atomic mass is 10.3. The third-order valence-electron chi connectivity index (χ3n) is 3.31. The molecule has 0 aliphatic heterocycles. The van der Waals surface area contributed by atoms with E-state index in [2.05, 4.69) is 17.1 Å². The van der Waals surface area contributed by atoms with E-state index in [1.54, 1.807) is 6.92 Å². The first-order chi connectivity index (χ1) is 7.98. The van der Waals surface area contributed by atoms with Crippen LogP contribution in [-0.2, 0) is 9.84 Å². The van der Waals surface area contributed by atoms with Crippen LogP contribution in [0.3, 0.4) is 0 Å². The number of nitrogens with one attached hydrogen (secondary N) is 1. The van der Waals surface area contributed by atoms with Gasteiger partial charge in [-0.25, -0.2) is 8.42 Å².